The molecule has 0 aromatic carbocycles. The normalized spacial score (nSPS) is 11.6. The number of alkyl halides is 1. The summed E-state index contributed by atoms with van der Waals surface area (Å²) in [7, 11) is 0. The van der Waals surface area contributed by atoms with Gasteiger partial charge in [-0.1, -0.05) is 6.07 Å². The maximum absolute atomic E-state index is 6.03. The van der Waals surface area contributed by atoms with E-state index in [-0.39, 0.29) is 5.95 Å². The van der Waals surface area contributed by atoms with E-state index in [9.17, 15) is 0 Å². The fraction of sp³-hybridized carbons (Fsp3) is 0.214. The lowest BCUT2D eigenvalue weighted by atomic mass is 10.2. The van der Waals surface area contributed by atoms with E-state index in [1.807, 2.05) is 19.1 Å². The van der Waals surface area contributed by atoms with E-state index in [4.69, 9.17) is 17.3 Å². The van der Waals surface area contributed by atoms with Crippen LogP contribution < -0.4 is 5.73 Å². The van der Waals surface area contributed by atoms with Crippen molar-refractivity contribution in [2.75, 3.05) is 11.6 Å². The van der Waals surface area contributed by atoms with Gasteiger partial charge < -0.3 is 5.73 Å². The van der Waals surface area contributed by atoms with Crippen molar-refractivity contribution in [1.29, 1.82) is 0 Å². The molecule has 8 nitrogen and oxygen atoms in total. The van der Waals surface area contributed by atoms with Crippen molar-refractivity contribution in [3.05, 3.63) is 30.1 Å². The van der Waals surface area contributed by atoms with Gasteiger partial charge in [-0.25, -0.2) is 9.67 Å². The molecular weight excluding hydrogens is 316 g/mol. The molecule has 0 aliphatic carbocycles. The van der Waals surface area contributed by atoms with Gasteiger partial charge in [-0.05, 0) is 18.6 Å². The molecule has 4 aromatic heterocycles. The molecule has 0 fully saturated rings. The second kappa shape index (κ2) is 5.17. The van der Waals surface area contributed by atoms with Gasteiger partial charge in [0, 0.05) is 12.1 Å². The minimum Gasteiger partial charge on any atom is -0.368 e. The van der Waals surface area contributed by atoms with Crippen LogP contribution in [0.2, 0.25) is 0 Å². The van der Waals surface area contributed by atoms with Crippen molar-refractivity contribution in [1.82, 2.24) is 34.3 Å². The average Bonchev–Trinajstić information content (AvgIpc) is 3.13. The number of halogens is 1. The number of nitrogens with zero attached hydrogens (tertiary/aromatic N) is 7. The molecule has 0 saturated carbocycles. The van der Waals surface area contributed by atoms with Gasteiger partial charge in [-0.2, -0.15) is 14.6 Å². The van der Waals surface area contributed by atoms with E-state index in [2.05, 4.69) is 25.1 Å². The smallest absolute Gasteiger partial charge is 0.225 e. The van der Waals surface area contributed by atoms with Crippen LogP contribution in [0.1, 0.15) is 5.56 Å². The summed E-state index contributed by atoms with van der Waals surface area (Å²) in [6.07, 6.45) is 3.41. The predicted octanol–water partition coefficient (Wildman–Crippen LogP) is 1.67. The van der Waals surface area contributed by atoms with Crippen molar-refractivity contribution in [2.24, 2.45) is 0 Å². The van der Waals surface area contributed by atoms with Crippen molar-refractivity contribution in [3.8, 4) is 11.5 Å². The quantitative estimate of drug-likeness (QED) is 0.574. The zero-order valence-corrected chi connectivity index (χ0v) is 13.1. The number of anilines is 1. The van der Waals surface area contributed by atoms with Crippen LogP contribution >= 0.6 is 11.6 Å². The third-order valence-corrected chi connectivity index (χ3v) is 3.78. The number of aryl methyl sites for hydroxylation is 2. The average molecular weight is 329 g/mol. The Hall–Kier alpha value is -2.74. The molecule has 4 rings (SSSR count). The monoisotopic (exact) mass is 328 g/mol. The summed E-state index contributed by atoms with van der Waals surface area (Å²) in [5.74, 6) is 1.19. The van der Waals surface area contributed by atoms with E-state index in [0.29, 0.717) is 29.5 Å². The Morgan fingerprint density at radius 1 is 1.26 bits per heavy atom. The number of rotatable bonds is 3. The van der Waals surface area contributed by atoms with Crippen LogP contribution in [0.25, 0.3) is 28.2 Å². The Kier molecular flexibility index (Phi) is 3.12. The molecule has 0 radical (unpaired) electrons. The first kappa shape index (κ1) is 13.9. The maximum atomic E-state index is 6.03. The SMILES string of the molecule is Cc1cccnc1-c1nc2c3cnn(CCCl)c3nc(N)n2n1. The summed E-state index contributed by atoms with van der Waals surface area (Å²) in [6, 6.07) is 3.84. The van der Waals surface area contributed by atoms with Gasteiger partial charge in [-0.15, -0.1) is 16.7 Å². The summed E-state index contributed by atoms with van der Waals surface area (Å²) in [6.45, 7) is 2.51. The summed E-state index contributed by atoms with van der Waals surface area (Å²) in [4.78, 5) is 13.3. The first-order chi connectivity index (χ1) is 11.2. The van der Waals surface area contributed by atoms with Crippen molar-refractivity contribution in [3.63, 3.8) is 0 Å². The highest BCUT2D eigenvalue weighted by Crippen LogP contribution is 2.23. The highest BCUT2D eigenvalue weighted by molar-refractivity contribution is 6.17. The summed E-state index contributed by atoms with van der Waals surface area (Å²) < 4.78 is 3.22. The zero-order valence-electron chi connectivity index (χ0n) is 12.3. The van der Waals surface area contributed by atoms with Gasteiger partial charge in [0.15, 0.2) is 11.3 Å². The van der Waals surface area contributed by atoms with E-state index < -0.39 is 0 Å². The van der Waals surface area contributed by atoms with Crippen LogP contribution in [-0.2, 0) is 6.54 Å². The number of pyridine rings is 1. The van der Waals surface area contributed by atoms with Gasteiger partial charge in [0.25, 0.3) is 0 Å². The van der Waals surface area contributed by atoms with Crippen LogP contribution in [0, 0.1) is 6.92 Å². The van der Waals surface area contributed by atoms with E-state index in [1.165, 1.54) is 4.52 Å². The lowest BCUT2D eigenvalue weighted by Crippen LogP contribution is -2.06. The maximum Gasteiger partial charge on any atom is 0.225 e. The molecule has 0 spiro atoms. The molecule has 4 heterocycles. The number of nitrogen functional groups attached to an aromatic ring is 1. The van der Waals surface area contributed by atoms with Gasteiger partial charge in [0.2, 0.25) is 11.8 Å². The van der Waals surface area contributed by atoms with Crippen LogP contribution in [0.5, 0.6) is 0 Å². The van der Waals surface area contributed by atoms with E-state index in [1.54, 1.807) is 17.1 Å². The minimum absolute atomic E-state index is 0.246. The van der Waals surface area contributed by atoms with E-state index in [0.717, 1.165) is 16.6 Å². The lowest BCUT2D eigenvalue weighted by molar-refractivity contribution is 0.680. The third-order valence-electron chi connectivity index (χ3n) is 3.61. The molecule has 0 aliphatic rings. The largest absolute Gasteiger partial charge is 0.368 e. The number of hydrogen-bond acceptors (Lipinski definition) is 6. The van der Waals surface area contributed by atoms with Crippen molar-refractivity contribution >= 4 is 34.2 Å². The molecule has 116 valence electrons. The lowest BCUT2D eigenvalue weighted by Gasteiger charge is -2.01. The first-order valence-electron chi connectivity index (χ1n) is 7.05. The van der Waals surface area contributed by atoms with Gasteiger partial charge in [0.1, 0.15) is 5.69 Å². The minimum atomic E-state index is 0.246. The zero-order chi connectivity index (χ0) is 16.0. The van der Waals surface area contributed by atoms with Gasteiger partial charge in [-0.3, -0.25) is 4.98 Å². The molecule has 0 amide bonds. The number of fused-ring (bicyclic) bond motifs is 3. The Morgan fingerprint density at radius 2 is 2.13 bits per heavy atom. The number of hydrogen-bond donors (Lipinski definition) is 1. The molecule has 0 atom stereocenters. The molecule has 0 aliphatic heterocycles. The third kappa shape index (κ3) is 2.10. The highest BCUT2D eigenvalue weighted by Gasteiger charge is 2.17. The van der Waals surface area contributed by atoms with Crippen molar-refractivity contribution in [2.45, 2.75) is 13.5 Å². The Bertz CT molecular complexity index is 1020. The molecular formula is C14H13ClN8. The Balaban J connectivity index is 2.00. The first-order valence-corrected chi connectivity index (χ1v) is 7.58. The number of nitrogens with two attached hydrogens (primary N) is 1. The molecule has 23 heavy (non-hydrogen) atoms. The fourth-order valence-corrected chi connectivity index (χ4v) is 2.68. The second-order valence-corrected chi connectivity index (χ2v) is 5.48. The molecule has 0 bridgehead atoms. The Morgan fingerprint density at radius 3 is 2.91 bits per heavy atom. The van der Waals surface area contributed by atoms with Crippen LogP contribution in [0.4, 0.5) is 5.95 Å². The van der Waals surface area contributed by atoms with Crippen molar-refractivity contribution < 1.29 is 0 Å². The second-order valence-electron chi connectivity index (χ2n) is 5.10. The summed E-state index contributed by atoms with van der Waals surface area (Å²) in [5.41, 5.74) is 8.99. The molecule has 4 aromatic rings. The summed E-state index contributed by atoms with van der Waals surface area (Å²) in [5, 5.41) is 9.51. The van der Waals surface area contributed by atoms with Crippen LogP contribution in [0.3, 0.4) is 0 Å². The van der Waals surface area contributed by atoms with Crippen LogP contribution in [0.15, 0.2) is 24.5 Å². The fourth-order valence-electron chi connectivity index (χ4n) is 2.52. The Labute approximate surface area is 135 Å². The topological polar surface area (TPSA) is 99.8 Å². The molecule has 2 N–H and O–H groups in total. The predicted molar refractivity (Wildman–Crippen MR) is 87.2 cm³/mol. The van der Waals surface area contributed by atoms with Crippen LogP contribution in [-0.4, -0.2) is 40.2 Å². The molecule has 0 saturated heterocycles. The van der Waals surface area contributed by atoms with Gasteiger partial charge >= 0.3 is 0 Å². The van der Waals surface area contributed by atoms with Gasteiger partial charge in [0.05, 0.1) is 18.1 Å². The van der Waals surface area contributed by atoms with E-state index >= 15 is 0 Å². The highest BCUT2D eigenvalue weighted by atomic mass is 35.5. The number of aromatic nitrogens is 7. The summed E-state index contributed by atoms with van der Waals surface area (Å²) >= 11 is 5.79. The standard InChI is InChI=1S/C14H13ClN8/c1-8-3-2-5-17-10(8)11-19-13-9-7-18-22(6-4-15)12(9)20-14(16)23(13)21-11/h2-3,5,7H,4,6H2,1H3,(H2,16,20). The molecule has 9 heteroatoms. The molecule has 0 unspecified atom stereocenters.